The Bertz CT molecular complexity index is 728. The molecule has 1 saturated carbocycles. The lowest BCUT2D eigenvalue weighted by Crippen LogP contribution is -2.47. The topological polar surface area (TPSA) is 70.6 Å². The SMILES string of the molecule is CN=C(NCC1(c2cccc(Cl)c2)CCCC1)NC(C)CCS(C)(=O)=O. The van der Waals surface area contributed by atoms with Crippen LogP contribution in [0.2, 0.25) is 5.02 Å². The summed E-state index contributed by atoms with van der Waals surface area (Å²) in [7, 11) is -1.21. The number of aliphatic imine (C=N–C) groups is 1. The van der Waals surface area contributed by atoms with Crippen LogP contribution in [0.15, 0.2) is 29.3 Å². The molecule has 1 atom stereocenters. The molecule has 2 N–H and O–H groups in total. The van der Waals surface area contributed by atoms with Crippen molar-refractivity contribution in [2.45, 2.75) is 50.5 Å². The summed E-state index contributed by atoms with van der Waals surface area (Å²) in [6.45, 7) is 2.76. The Morgan fingerprint density at radius 3 is 2.62 bits per heavy atom. The van der Waals surface area contributed by atoms with E-state index in [1.54, 1.807) is 7.05 Å². The lowest BCUT2D eigenvalue weighted by molar-refractivity contribution is 0.430. The van der Waals surface area contributed by atoms with Crippen molar-refractivity contribution >= 4 is 27.4 Å². The van der Waals surface area contributed by atoms with Crippen molar-refractivity contribution in [2.24, 2.45) is 4.99 Å². The van der Waals surface area contributed by atoms with Gasteiger partial charge >= 0.3 is 0 Å². The summed E-state index contributed by atoms with van der Waals surface area (Å²) in [4.78, 5) is 4.29. The van der Waals surface area contributed by atoms with Crippen molar-refractivity contribution < 1.29 is 8.42 Å². The number of nitrogens with one attached hydrogen (secondary N) is 2. The minimum Gasteiger partial charge on any atom is -0.356 e. The highest BCUT2D eigenvalue weighted by Crippen LogP contribution is 2.41. The summed E-state index contributed by atoms with van der Waals surface area (Å²) in [6, 6.07) is 8.17. The monoisotopic (exact) mass is 399 g/mol. The van der Waals surface area contributed by atoms with Gasteiger partial charge in [0.05, 0.1) is 5.75 Å². The van der Waals surface area contributed by atoms with Crippen LogP contribution in [0.3, 0.4) is 0 Å². The largest absolute Gasteiger partial charge is 0.356 e. The molecule has 1 aliphatic rings. The van der Waals surface area contributed by atoms with E-state index in [-0.39, 0.29) is 17.2 Å². The Kier molecular flexibility index (Phi) is 7.35. The second-order valence-corrected chi connectivity index (χ2v) is 10.1. The fourth-order valence-electron chi connectivity index (χ4n) is 3.58. The van der Waals surface area contributed by atoms with E-state index in [2.05, 4.69) is 27.8 Å². The summed E-state index contributed by atoms with van der Waals surface area (Å²) in [6.07, 6.45) is 6.50. The first-order chi connectivity index (χ1) is 12.2. The Labute approximate surface area is 162 Å². The van der Waals surface area contributed by atoms with E-state index in [9.17, 15) is 8.42 Å². The second-order valence-electron chi connectivity index (χ2n) is 7.39. The van der Waals surface area contributed by atoms with Gasteiger partial charge in [-0.2, -0.15) is 0 Å². The van der Waals surface area contributed by atoms with Gasteiger partial charge in [0.25, 0.3) is 0 Å². The molecule has 0 heterocycles. The molecular formula is C19H30ClN3O2S. The normalized spacial score (nSPS) is 18.5. The Morgan fingerprint density at radius 2 is 2.04 bits per heavy atom. The van der Waals surface area contributed by atoms with E-state index in [0.29, 0.717) is 12.4 Å². The maximum Gasteiger partial charge on any atom is 0.191 e. The number of guanidine groups is 1. The van der Waals surface area contributed by atoms with E-state index in [0.717, 1.165) is 24.4 Å². The maximum absolute atomic E-state index is 11.3. The first-order valence-corrected chi connectivity index (χ1v) is 11.6. The third-order valence-electron chi connectivity index (χ3n) is 5.12. The molecule has 0 saturated heterocycles. The molecule has 0 aliphatic heterocycles. The molecular weight excluding hydrogens is 370 g/mol. The zero-order chi connectivity index (χ0) is 19.2. The Balaban J connectivity index is 1.99. The molecule has 0 radical (unpaired) electrons. The average Bonchev–Trinajstić information content (AvgIpc) is 3.06. The molecule has 146 valence electrons. The van der Waals surface area contributed by atoms with Gasteiger partial charge in [-0.1, -0.05) is 36.6 Å². The minimum absolute atomic E-state index is 0.0293. The lowest BCUT2D eigenvalue weighted by atomic mass is 9.79. The molecule has 1 fully saturated rings. The van der Waals surface area contributed by atoms with Crippen LogP contribution in [-0.4, -0.2) is 46.0 Å². The highest BCUT2D eigenvalue weighted by Gasteiger charge is 2.35. The third kappa shape index (κ3) is 6.16. The molecule has 0 aromatic heterocycles. The molecule has 26 heavy (non-hydrogen) atoms. The maximum atomic E-state index is 11.3. The fourth-order valence-corrected chi connectivity index (χ4v) is 4.55. The van der Waals surface area contributed by atoms with Gasteiger partial charge in [-0.05, 0) is 43.9 Å². The van der Waals surface area contributed by atoms with Crippen molar-refractivity contribution in [2.75, 3.05) is 25.6 Å². The zero-order valence-corrected chi connectivity index (χ0v) is 17.5. The first kappa shape index (κ1) is 21.0. The smallest absolute Gasteiger partial charge is 0.191 e. The van der Waals surface area contributed by atoms with Gasteiger partial charge < -0.3 is 10.6 Å². The summed E-state index contributed by atoms with van der Waals surface area (Å²) in [5.74, 6) is 0.879. The van der Waals surface area contributed by atoms with E-state index in [1.165, 1.54) is 24.7 Å². The van der Waals surface area contributed by atoms with E-state index >= 15 is 0 Å². The van der Waals surface area contributed by atoms with Gasteiger partial charge in [0.1, 0.15) is 9.84 Å². The molecule has 5 nitrogen and oxygen atoms in total. The van der Waals surface area contributed by atoms with E-state index in [1.807, 2.05) is 19.1 Å². The van der Waals surface area contributed by atoms with Crippen LogP contribution in [0, 0.1) is 0 Å². The van der Waals surface area contributed by atoms with Crippen LogP contribution in [-0.2, 0) is 15.3 Å². The van der Waals surface area contributed by atoms with Crippen molar-refractivity contribution in [1.29, 1.82) is 0 Å². The zero-order valence-electron chi connectivity index (χ0n) is 15.9. The quantitative estimate of drug-likeness (QED) is 0.545. The average molecular weight is 400 g/mol. The van der Waals surface area contributed by atoms with Crippen molar-refractivity contribution in [3.05, 3.63) is 34.9 Å². The number of hydrogen-bond donors (Lipinski definition) is 2. The summed E-state index contributed by atoms with van der Waals surface area (Å²) < 4.78 is 22.7. The van der Waals surface area contributed by atoms with Crippen LogP contribution in [0.1, 0.15) is 44.6 Å². The standard InChI is InChI=1S/C19H30ClN3O2S/c1-15(9-12-26(3,24)25)23-18(21-2)22-14-19(10-4-5-11-19)16-7-6-8-17(20)13-16/h6-8,13,15H,4-5,9-12,14H2,1-3H3,(H2,21,22,23). The molecule has 1 unspecified atom stereocenters. The van der Waals surface area contributed by atoms with E-state index in [4.69, 9.17) is 11.6 Å². The number of halogens is 1. The molecule has 1 aromatic rings. The second kappa shape index (κ2) is 9.09. The molecule has 1 aromatic carbocycles. The van der Waals surface area contributed by atoms with Gasteiger partial charge in [0, 0.05) is 36.3 Å². The van der Waals surface area contributed by atoms with Gasteiger partial charge in [0.15, 0.2) is 5.96 Å². The van der Waals surface area contributed by atoms with Crippen LogP contribution in [0.4, 0.5) is 0 Å². The van der Waals surface area contributed by atoms with Gasteiger partial charge in [-0.3, -0.25) is 4.99 Å². The van der Waals surface area contributed by atoms with Crippen LogP contribution in [0.25, 0.3) is 0 Å². The fraction of sp³-hybridized carbons (Fsp3) is 0.632. The van der Waals surface area contributed by atoms with Gasteiger partial charge in [0.2, 0.25) is 0 Å². The first-order valence-electron chi connectivity index (χ1n) is 9.15. The Hall–Kier alpha value is -1.27. The predicted octanol–water partition coefficient (Wildman–Crippen LogP) is 3.14. The number of sulfone groups is 1. The highest BCUT2D eigenvalue weighted by atomic mass is 35.5. The van der Waals surface area contributed by atoms with Crippen LogP contribution >= 0.6 is 11.6 Å². The van der Waals surface area contributed by atoms with Gasteiger partial charge in [-0.25, -0.2) is 8.42 Å². The van der Waals surface area contributed by atoms with Crippen molar-refractivity contribution in [3.8, 4) is 0 Å². The Morgan fingerprint density at radius 1 is 1.35 bits per heavy atom. The highest BCUT2D eigenvalue weighted by molar-refractivity contribution is 7.90. The van der Waals surface area contributed by atoms with Crippen LogP contribution < -0.4 is 10.6 Å². The molecule has 0 amide bonds. The molecule has 0 spiro atoms. The molecule has 0 bridgehead atoms. The van der Waals surface area contributed by atoms with Crippen molar-refractivity contribution in [1.82, 2.24) is 10.6 Å². The third-order valence-corrected chi connectivity index (χ3v) is 6.33. The summed E-state index contributed by atoms with van der Waals surface area (Å²) in [5.41, 5.74) is 1.34. The lowest BCUT2D eigenvalue weighted by Gasteiger charge is -2.31. The van der Waals surface area contributed by atoms with Crippen molar-refractivity contribution in [3.63, 3.8) is 0 Å². The summed E-state index contributed by atoms with van der Waals surface area (Å²) >= 11 is 6.21. The van der Waals surface area contributed by atoms with Crippen LogP contribution in [0.5, 0.6) is 0 Å². The number of rotatable bonds is 7. The molecule has 1 aliphatic carbocycles. The molecule has 7 heteroatoms. The van der Waals surface area contributed by atoms with E-state index < -0.39 is 9.84 Å². The van der Waals surface area contributed by atoms with Gasteiger partial charge in [-0.15, -0.1) is 0 Å². The molecule has 2 rings (SSSR count). The number of hydrogen-bond acceptors (Lipinski definition) is 3. The minimum atomic E-state index is -2.95. The summed E-state index contributed by atoms with van der Waals surface area (Å²) in [5, 5.41) is 7.51. The predicted molar refractivity (Wildman–Crippen MR) is 110 cm³/mol. The number of benzene rings is 1. The number of nitrogens with zero attached hydrogens (tertiary/aromatic N) is 1.